The molecule has 1 N–H and O–H groups in total. The van der Waals surface area contributed by atoms with Gasteiger partial charge in [-0.1, -0.05) is 29.8 Å². The predicted molar refractivity (Wildman–Crippen MR) is 82.6 cm³/mol. The Kier molecular flexibility index (Phi) is 4.51. The fourth-order valence-electron chi connectivity index (χ4n) is 2.11. The second-order valence-corrected chi connectivity index (χ2v) is 4.89. The third-order valence-electron chi connectivity index (χ3n) is 3.26. The monoisotopic (exact) mass is 271 g/mol. The van der Waals surface area contributed by atoms with Crippen LogP contribution in [0.3, 0.4) is 0 Å². The zero-order chi connectivity index (χ0) is 14.5. The largest absolute Gasteiger partial charge is 0.504 e. The number of benzene rings is 2. The zero-order valence-electron chi connectivity index (χ0n) is 12.3. The van der Waals surface area contributed by atoms with Gasteiger partial charge in [-0.05, 0) is 32.0 Å². The average molecular weight is 271 g/mol. The third-order valence-corrected chi connectivity index (χ3v) is 3.26. The predicted octanol–water partition coefficient (Wildman–Crippen LogP) is 3.74. The normalized spacial score (nSPS) is 10.3. The van der Waals surface area contributed by atoms with Crippen molar-refractivity contribution < 1.29 is 9.84 Å². The number of ether oxygens (including phenoxy) is 1. The molecule has 2 aromatic carbocycles. The molecule has 0 radical (unpaired) electrons. The van der Waals surface area contributed by atoms with Crippen LogP contribution in [0.1, 0.15) is 18.1 Å². The van der Waals surface area contributed by atoms with Crippen LogP contribution in [0, 0.1) is 6.92 Å². The molecule has 0 heterocycles. The Hall–Kier alpha value is -2.16. The maximum Gasteiger partial charge on any atom is 0.162 e. The Bertz CT molecular complexity index is 564. The quantitative estimate of drug-likeness (QED) is 0.899. The van der Waals surface area contributed by atoms with Crippen molar-refractivity contribution in [3.05, 3.63) is 53.6 Å². The van der Waals surface area contributed by atoms with E-state index in [-0.39, 0.29) is 5.75 Å². The van der Waals surface area contributed by atoms with E-state index in [1.54, 1.807) is 6.07 Å². The Morgan fingerprint density at radius 1 is 1.10 bits per heavy atom. The molecule has 0 fully saturated rings. The molecule has 106 valence electrons. The SMILES string of the molecule is CCOc1cccc(CN(C)c2ccc(C)cc2)c1O. The summed E-state index contributed by atoms with van der Waals surface area (Å²) in [6.07, 6.45) is 0. The summed E-state index contributed by atoms with van der Waals surface area (Å²) in [6.45, 7) is 5.16. The van der Waals surface area contributed by atoms with Gasteiger partial charge in [-0.25, -0.2) is 0 Å². The van der Waals surface area contributed by atoms with Gasteiger partial charge in [0.05, 0.1) is 6.61 Å². The molecule has 0 aliphatic carbocycles. The standard InChI is InChI=1S/C17H21NO2/c1-4-20-16-7-5-6-14(17(16)19)12-18(3)15-10-8-13(2)9-11-15/h5-11,19H,4,12H2,1-3H3. The molecule has 20 heavy (non-hydrogen) atoms. The highest BCUT2D eigenvalue weighted by Gasteiger charge is 2.10. The number of para-hydroxylation sites is 1. The van der Waals surface area contributed by atoms with Gasteiger partial charge in [0.2, 0.25) is 0 Å². The van der Waals surface area contributed by atoms with Crippen molar-refractivity contribution in [1.82, 2.24) is 0 Å². The summed E-state index contributed by atoms with van der Waals surface area (Å²) in [6, 6.07) is 13.9. The van der Waals surface area contributed by atoms with E-state index >= 15 is 0 Å². The van der Waals surface area contributed by atoms with Gasteiger partial charge < -0.3 is 14.7 Å². The molecular formula is C17H21NO2. The molecule has 3 nitrogen and oxygen atoms in total. The number of phenols is 1. The van der Waals surface area contributed by atoms with Gasteiger partial charge in [0.15, 0.2) is 11.5 Å². The van der Waals surface area contributed by atoms with E-state index < -0.39 is 0 Å². The molecule has 3 heteroatoms. The number of nitrogens with zero attached hydrogens (tertiary/aromatic N) is 1. The summed E-state index contributed by atoms with van der Waals surface area (Å²) in [5.41, 5.74) is 3.22. The Labute approximate surface area is 120 Å². The molecule has 0 unspecified atom stereocenters. The van der Waals surface area contributed by atoms with Crippen molar-refractivity contribution in [3.8, 4) is 11.5 Å². The molecule has 0 aliphatic heterocycles. The number of hydrogen-bond donors (Lipinski definition) is 1. The fraction of sp³-hybridized carbons (Fsp3) is 0.294. The zero-order valence-corrected chi connectivity index (χ0v) is 12.3. The molecule has 0 aromatic heterocycles. The Balaban J connectivity index is 2.17. The summed E-state index contributed by atoms with van der Waals surface area (Å²) in [7, 11) is 2.01. The molecule has 0 saturated carbocycles. The highest BCUT2D eigenvalue weighted by Crippen LogP contribution is 2.31. The van der Waals surface area contributed by atoms with Crippen LogP contribution >= 0.6 is 0 Å². The molecule has 2 aromatic rings. The number of anilines is 1. The van der Waals surface area contributed by atoms with Gasteiger partial charge in [-0.3, -0.25) is 0 Å². The van der Waals surface area contributed by atoms with Crippen LogP contribution in [0.25, 0.3) is 0 Å². The summed E-state index contributed by atoms with van der Waals surface area (Å²) in [5, 5.41) is 10.2. The lowest BCUT2D eigenvalue weighted by atomic mass is 10.1. The van der Waals surface area contributed by atoms with E-state index in [0.717, 1.165) is 11.3 Å². The Morgan fingerprint density at radius 3 is 2.45 bits per heavy atom. The smallest absolute Gasteiger partial charge is 0.162 e. The average Bonchev–Trinajstić information content (AvgIpc) is 2.44. The van der Waals surface area contributed by atoms with Crippen LogP contribution in [0.4, 0.5) is 5.69 Å². The van der Waals surface area contributed by atoms with Crippen LogP contribution in [0.2, 0.25) is 0 Å². The fourth-order valence-corrected chi connectivity index (χ4v) is 2.11. The first kappa shape index (κ1) is 14.3. The van der Waals surface area contributed by atoms with Gasteiger partial charge in [-0.15, -0.1) is 0 Å². The molecule has 0 spiro atoms. The van der Waals surface area contributed by atoms with Crippen molar-refractivity contribution in [2.24, 2.45) is 0 Å². The van der Waals surface area contributed by atoms with Crippen LogP contribution in [0.15, 0.2) is 42.5 Å². The van der Waals surface area contributed by atoms with Gasteiger partial charge in [0, 0.05) is 24.8 Å². The lowest BCUT2D eigenvalue weighted by Gasteiger charge is -2.21. The molecule has 0 saturated heterocycles. The Morgan fingerprint density at radius 2 is 1.80 bits per heavy atom. The second kappa shape index (κ2) is 6.33. The summed E-state index contributed by atoms with van der Waals surface area (Å²) in [4.78, 5) is 2.10. The molecule has 0 amide bonds. The van der Waals surface area contributed by atoms with Gasteiger partial charge in [-0.2, -0.15) is 0 Å². The van der Waals surface area contributed by atoms with Crippen molar-refractivity contribution in [1.29, 1.82) is 0 Å². The van der Waals surface area contributed by atoms with E-state index in [0.29, 0.717) is 18.9 Å². The van der Waals surface area contributed by atoms with Crippen molar-refractivity contribution in [2.45, 2.75) is 20.4 Å². The lowest BCUT2D eigenvalue weighted by molar-refractivity contribution is 0.316. The van der Waals surface area contributed by atoms with Gasteiger partial charge in [0.25, 0.3) is 0 Å². The molecule has 0 bridgehead atoms. The lowest BCUT2D eigenvalue weighted by Crippen LogP contribution is -2.16. The number of hydrogen-bond acceptors (Lipinski definition) is 3. The molecule has 0 atom stereocenters. The van der Waals surface area contributed by atoms with Crippen LogP contribution in [-0.2, 0) is 6.54 Å². The summed E-state index contributed by atoms with van der Waals surface area (Å²) in [5.74, 6) is 0.774. The summed E-state index contributed by atoms with van der Waals surface area (Å²) >= 11 is 0. The topological polar surface area (TPSA) is 32.7 Å². The van der Waals surface area contributed by atoms with Gasteiger partial charge in [0.1, 0.15) is 0 Å². The van der Waals surface area contributed by atoms with Crippen molar-refractivity contribution >= 4 is 5.69 Å². The maximum atomic E-state index is 10.2. The van der Waals surface area contributed by atoms with Gasteiger partial charge >= 0.3 is 0 Å². The first-order valence-corrected chi connectivity index (χ1v) is 6.83. The number of rotatable bonds is 5. The number of aryl methyl sites for hydroxylation is 1. The molecule has 2 rings (SSSR count). The first-order chi connectivity index (χ1) is 9.61. The maximum absolute atomic E-state index is 10.2. The highest BCUT2D eigenvalue weighted by molar-refractivity contribution is 5.51. The summed E-state index contributed by atoms with van der Waals surface area (Å²) < 4.78 is 5.41. The number of phenolic OH excluding ortho intramolecular Hbond substituents is 1. The van der Waals surface area contributed by atoms with E-state index in [9.17, 15) is 5.11 Å². The third kappa shape index (κ3) is 3.23. The van der Waals surface area contributed by atoms with Crippen molar-refractivity contribution in [3.63, 3.8) is 0 Å². The van der Waals surface area contributed by atoms with Crippen LogP contribution in [0.5, 0.6) is 11.5 Å². The van der Waals surface area contributed by atoms with Crippen molar-refractivity contribution in [2.75, 3.05) is 18.6 Å². The minimum absolute atomic E-state index is 0.230. The number of aromatic hydroxyl groups is 1. The van der Waals surface area contributed by atoms with E-state index in [4.69, 9.17) is 4.74 Å². The second-order valence-electron chi connectivity index (χ2n) is 4.89. The molecule has 0 aliphatic rings. The van der Waals surface area contributed by atoms with Crippen LogP contribution < -0.4 is 9.64 Å². The minimum atomic E-state index is 0.230. The molecular weight excluding hydrogens is 250 g/mol. The first-order valence-electron chi connectivity index (χ1n) is 6.83. The van der Waals surface area contributed by atoms with E-state index in [1.165, 1.54) is 5.56 Å². The van der Waals surface area contributed by atoms with E-state index in [2.05, 4.69) is 36.1 Å². The highest BCUT2D eigenvalue weighted by atomic mass is 16.5. The minimum Gasteiger partial charge on any atom is -0.504 e. The van der Waals surface area contributed by atoms with E-state index in [1.807, 2.05) is 26.1 Å². The van der Waals surface area contributed by atoms with Crippen LogP contribution in [-0.4, -0.2) is 18.8 Å².